The summed E-state index contributed by atoms with van der Waals surface area (Å²) in [4.78, 5) is 25.2. The molecule has 0 radical (unpaired) electrons. The van der Waals surface area contributed by atoms with E-state index in [1.807, 2.05) is 48.7 Å². The van der Waals surface area contributed by atoms with Gasteiger partial charge in [-0.05, 0) is 69.2 Å². The second kappa shape index (κ2) is 11.1. The van der Waals surface area contributed by atoms with Gasteiger partial charge in [0.05, 0.1) is 31.4 Å². The average Bonchev–Trinajstić information content (AvgIpc) is 3.13. The summed E-state index contributed by atoms with van der Waals surface area (Å²) in [5, 5.41) is 0.685. The summed E-state index contributed by atoms with van der Waals surface area (Å²) in [7, 11) is 1.62. The Kier molecular flexibility index (Phi) is 8.21. The third-order valence-electron chi connectivity index (χ3n) is 5.84. The normalized spacial score (nSPS) is 12.8. The number of nitrogens with zero attached hydrogens (tertiary/aromatic N) is 1. The van der Waals surface area contributed by atoms with E-state index in [1.54, 1.807) is 33.1 Å². The van der Waals surface area contributed by atoms with Gasteiger partial charge in [0.25, 0.3) is 0 Å². The molecule has 7 nitrogen and oxygen atoms in total. The van der Waals surface area contributed by atoms with Crippen molar-refractivity contribution in [2.75, 3.05) is 20.3 Å². The minimum atomic E-state index is -0.780. The molecule has 0 bridgehead atoms. The van der Waals surface area contributed by atoms with Gasteiger partial charge in [-0.3, -0.25) is 0 Å². The Bertz CT molecular complexity index is 1150. The van der Waals surface area contributed by atoms with Crippen LogP contribution in [0.4, 0.5) is 0 Å². The van der Waals surface area contributed by atoms with Crippen LogP contribution in [0, 0.1) is 12.8 Å². The van der Waals surface area contributed by atoms with Gasteiger partial charge in [-0.25, -0.2) is 9.59 Å². The summed E-state index contributed by atoms with van der Waals surface area (Å²) in [5.74, 6) is 0.681. The van der Waals surface area contributed by atoms with Crippen LogP contribution >= 0.6 is 0 Å². The van der Waals surface area contributed by atoms with Gasteiger partial charge in [0.2, 0.25) is 0 Å². The third kappa shape index (κ3) is 5.35. The molecule has 1 heterocycles. The van der Waals surface area contributed by atoms with E-state index < -0.39 is 18.0 Å². The molecule has 1 aromatic heterocycles. The fourth-order valence-corrected chi connectivity index (χ4v) is 3.71. The zero-order valence-corrected chi connectivity index (χ0v) is 20.7. The highest BCUT2D eigenvalue weighted by Gasteiger charge is 2.24. The fraction of sp³-hybridized carbons (Fsp3) is 0.407. The number of ether oxygens (including phenoxy) is 4. The van der Waals surface area contributed by atoms with Crippen LogP contribution in [0.1, 0.15) is 50.2 Å². The highest BCUT2D eigenvalue weighted by atomic mass is 16.6. The molecule has 0 fully saturated rings. The Balaban J connectivity index is 1.99. The van der Waals surface area contributed by atoms with Gasteiger partial charge in [0, 0.05) is 16.8 Å². The minimum absolute atomic E-state index is 0.267. The van der Waals surface area contributed by atoms with Crippen molar-refractivity contribution >= 4 is 22.8 Å². The van der Waals surface area contributed by atoms with Crippen LogP contribution in [0.25, 0.3) is 16.6 Å². The predicted molar refractivity (Wildman–Crippen MR) is 131 cm³/mol. The molecule has 34 heavy (non-hydrogen) atoms. The highest BCUT2D eigenvalue weighted by molar-refractivity contribution is 6.07. The van der Waals surface area contributed by atoms with E-state index in [4.69, 9.17) is 18.9 Å². The number of rotatable bonds is 10. The van der Waals surface area contributed by atoms with Crippen molar-refractivity contribution in [2.45, 2.75) is 47.1 Å². The molecular weight excluding hydrogens is 434 g/mol. The Morgan fingerprint density at radius 1 is 0.971 bits per heavy atom. The van der Waals surface area contributed by atoms with Gasteiger partial charge >= 0.3 is 11.9 Å². The van der Waals surface area contributed by atoms with Gasteiger partial charge in [-0.15, -0.1) is 0 Å². The molecule has 3 rings (SSSR count). The van der Waals surface area contributed by atoms with Crippen molar-refractivity contribution in [3.63, 3.8) is 0 Å². The van der Waals surface area contributed by atoms with Crippen molar-refractivity contribution < 1.29 is 28.5 Å². The minimum Gasteiger partial charge on any atom is -0.497 e. The monoisotopic (exact) mass is 467 g/mol. The molecule has 0 spiro atoms. The number of benzene rings is 2. The first-order chi connectivity index (χ1) is 16.3. The van der Waals surface area contributed by atoms with Crippen LogP contribution < -0.4 is 9.47 Å². The van der Waals surface area contributed by atoms with Crippen LogP contribution in [0.2, 0.25) is 0 Å². The number of aromatic nitrogens is 1. The van der Waals surface area contributed by atoms with Crippen molar-refractivity contribution in [1.29, 1.82) is 0 Å². The number of hydrogen-bond donors (Lipinski definition) is 0. The number of methoxy groups -OCH3 is 1. The Morgan fingerprint density at radius 2 is 1.65 bits per heavy atom. The van der Waals surface area contributed by atoms with Crippen molar-refractivity contribution in [1.82, 2.24) is 4.57 Å². The molecule has 2 aromatic carbocycles. The first-order valence-corrected chi connectivity index (χ1v) is 11.6. The summed E-state index contributed by atoms with van der Waals surface area (Å²) < 4.78 is 23.8. The SMILES string of the molecule is CCOC(=O)c1c(C)n(-c2ccc(OC)cc2)c2ccc(OC(C)C(=O)OCC(C)CC)cc12. The van der Waals surface area contributed by atoms with Gasteiger partial charge in [-0.2, -0.15) is 0 Å². The second-order valence-corrected chi connectivity index (χ2v) is 8.30. The quantitative estimate of drug-likeness (QED) is 0.368. The Hall–Kier alpha value is -3.48. The van der Waals surface area contributed by atoms with Crippen molar-refractivity contribution in [3.05, 3.63) is 53.7 Å². The van der Waals surface area contributed by atoms with E-state index in [0.29, 0.717) is 29.2 Å². The summed E-state index contributed by atoms with van der Waals surface area (Å²) >= 11 is 0. The highest BCUT2D eigenvalue weighted by Crippen LogP contribution is 2.33. The zero-order valence-electron chi connectivity index (χ0n) is 20.7. The maximum absolute atomic E-state index is 12.9. The molecule has 0 amide bonds. The van der Waals surface area contributed by atoms with E-state index in [2.05, 4.69) is 6.92 Å². The molecule has 0 saturated heterocycles. The molecule has 0 saturated carbocycles. The molecule has 2 atom stereocenters. The van der Waals surface area contributed by atoms with E-state index in [-0.39, 0.29) is 6.61 Å². The van der Waals surface area contributed by atoms with E-state index in [9.17, 15) is 9.59 Å². The lowest BCUT2D eigenvalue weighted by Gasteiger charge is -2.16. The summed E-state index contributed by atoms with van der Waals surface area (Å²) in [6.07, 6.45) is 0.151. The number of carbonyl (C=O) groups excluding carboxylic acids is 2. The number of esters is 2. The van der Waals surface area contributed by atoms with E-state index >= 15 is 0 Å². The fourth-order valence-electron chi connectivity index (χ4n) is 3.71. The molecule has 0 aliphatic rings. The number of hydrogen-bond acceptors (Lipinski definition) is 6. The lowest BCUT2D eigenvalue weighted by atomic mass is 10.1. The van der Waals surface area contributed by atoms with Crippen molar-refractivity contribution in [2.24, 2.45) is 5.92 Å². The molecule has 0 N–H and O–H groups in total. The van der Waals surface area contributed by atoms with Crippen molar-refractivity contribution in [3.8, 4) is 17.2 Å². The van der Waals surface area contributed by atoms with Crippen LogP contribution in [-0.2, 0) is 14.3 Å². The summed E-state index contributed by atoms with van der Waals surface area (Å²) in [6.45, 7) is 10.0. The second-order valence-electron chi connectivity index (χ2n) is 8.30. The lowest BCUT2D eigenvalue weighted by Crippen LogP contribution is -2.27. The Morgan fingerprint density at radius 3 is 2.26 bits per heavy atom. The van der Waals surface area contributed by atoms with Gasteiger partial charge in [0.1, 0.15) is 11.5 Å². The number of carbonyl (C=O) groups is 2. The first-order valence-electron chi connectivity index (χ1n) is 11.6. The van der Waals surface area contributed by atoms with Gasteiger partial charge in [-0.1, -0.05) is 20.3 Å². The molecule has 0 aliphatic heterocycles. The molecule has 0 aliphatic carbocycles. The predicted octanol–water partition coefficient (Wildman–Crippen LogP) is 5.48. The van der Waals surface area contributed by atoms with Crippen LogP contribution in [0.5, 0.6) is 11.5 Å². The molecular formula is C27H33NO6. The standard InChI is InChI=1S/C27H33NO6/c1-7-17(3)16-33-26(29)19(5)34-22-13-14-24-23(15-22)25(27(30)32-8-2)18(4)28(24)20-9-11-21(31-6)12-10-20/h9-15,17,19H,7-8,16H2,1-6H3. The van der Waals surface area contributed by atoms with Gasteiger partial charge in [0.15, 0.2) is 6.10 Å². The van der Waals surface area contributed by atoms with E-state index in [1.165, 1.54) is 0 Å². The third-order valence-corrected chi connectivity index (χ3v) is 5.84. The van der Waals surface area contributed by atoms with Crippen LogP contribution in [0.15, 0.2) is 42.5 Å². The lowest BCUT2D eigenvalue weighted by molar-refractivity contribution is -0.152. The van der Waals surface area contributed by atoms with Crippen LogP contribution in [0.3, 0.4) is 0 Å². The zero-order chi connectivity index (χ0) is 24.8. The van der Waals surface area contributed by atoms with E-state index in [0.717, 1.165) is 29.1 Å². The summed E-state index contributed by atoms with van der Waals surface area (Å²) in [5.41, 5.74) is 2.92. The smallest absolute Gasteiger partial charge is 0.347 e. The maximum atomic E-state index is 12.9. The molecule has 182 valence electrons. The average molecular weight is 468 g/mol. The first kappa shape index (κ1) is 25.1. The largest absolute Gasteiger partial charge is 0.497 e. The molecule has 2 unspecified atom stereocenters. The molecule has 3 aromatic rings. The summed E-state index contributed by atoms with van der Waals surface area (Å²) in [6, 6.07) is 13.0. The maximum Gasteiger partial charge on any atom is 0.347 e. The topological polar surface area (TPSA) is 76.0 Å². The van der Waals surface area contributed by atoms with Crippen LogP contribution in [-0.4, -0.2) is 42.9 Å². The number of fused-ring (bicyclic) bond motifs is 1. The molecule has 7 heteroatoms. The Labute approximate surface area is 200 Å². The van der Waals surface area contributed by atoms with Gasteiger partial charge < -0.3 is 23.5 Å².